The highest BCUT2D eigenvalue weighted by Crippen LogP contribution is 2.34. The first-order valence-corrected chi connectivity index (χ1v) is 6.32. The van der Waals surface area contributed by atoms with Gasteiger partial charge in [-0.3, -0.25) is 0 Å². The van der Waals surface area contributed by atoms with E-state index in [4.69, 9.17) is 0 Å². The van der Waals surface area contributed by atoms with Crippen LogP contribution in [-0.2, 0) is 11.8 Å². The molecular formula is C15H20N2O. The van der Waals surface area contributed by atoms with Crippen molar-refractivity contribution in [1.82, 2.24) is 9.78 Å². The fourth-order valence-electron chi connectivity index (χ4n) is 2.32. The lowest BCUT2D eigenvalue weighted by atomic mass is 9.86. The zero-order chi connectivity index (χ0) is 13.3. The van der Waals surface area contributed by atoms with Crippen LogP contribution in [0.2, 0.25) is 0 Å². The lowest BCUT2D eigenvalue weighted by molar-refractivity contribution is 0.427. The third-order valence-electron chi connectivity index (χ3n) is 3.05. The maximum Gasteiger partial charge on any atom is 0.234 e. The maximum absolute atomic E-state index is 10.1. The van der Waals surface area contributed by atoms with Crippen molar-refractivity contribution >= 4 is 0 Å². The molecule has 1 aromatic carbocycles. The van der Waals surface area contributed by atoms with Gasteiger partial charge in [0, 0.05) is 5.56 Å². The molecule has 2 rings (SSSR count). The smallest absolute Gasteiger partial charge is 0.234 e. The predicted octanol–water partition coefficient (Wildman–Crippen LogP) is 3.44. The van der Waals surface area contributed by atoms with Crippen LogP contribution in [-0.4, -0.2) is 14.9 Å². The summed E-state index contributed by atoms with van der Waals surface area (Å²) in [6.45, 7) is 8.37. The molecule has 0 aliphatic rings. The number of benzene rings is 1. The van der Waals surface area contributed by atoms with Crippen molar-refractivity contribution in [3.05, 3.63) is 41.6 Å². The number of nitrogens with zero attached hydrogens (tertiary/aromatic N) is 2. The minimum Gasteiger partial charge on any atom is -0.492 e. The van der Waals surface area contributed by atoms with E-state index in [2.05, 4.69) is 32.8 Å². The van der Waals surface area contributed by atoms with E-state index in [-0.39, 0.29) is 11.3 Å². The van der Waals surface area contributed by atoms with Gasteiger partial charge in [-0.1, -0.05) is 45.9 Å². The van der Waals surface area contributed by atoms with Gasteiger partial charge >= 0.3 is 0 Å². The number of hydrogen-bond donors (Lipinski definition) is 1. The third kappa shape index (κ3) is 2.13. The average Bonchev–Trinajstić information content (AvgIpc) is 2.67. The Labute approximate surface area is 108 Å². The summed E-state index contributed by atoms with van der Waals surface area (Å²) in [6, 6.07) is 9.92. The second-order valence-electron chi connectivity index (χ2n) is 5.50. The third-order valence-corrected chi connectivity index (χ3v) is 3.05. The van der Waals surface area contributed by atoms with Crippen LogP contribution in [0.5, 0.6) is 5.88 Å². The molecule has 96 valence electrons. The monoisotopic (exact) mass is 244 g/mol. The van der Waals surface area contributed by atoms with Crippen LogP contribution in [0, 0.1) is 0 Å². The van der Waals surface area contributed by atoms with Gasteiger partial charge in [-0.05, 0) is 24.0 Å². The van der Waals surface area contributed by atoms with E-state index in [0.29, 0.717) is 0 Å². The largest absolute Gasteiger partial charge is 0.492 e. The van der Waals surface area contributed by atoms with E-state index < -0.39 is 0 Å². The lowest BCUT2D eigenvalue weighted by Crippen LogP contribution is -2.14. The van der Waals surface area contributed by atoms with Gasteiger partial charge in [-0.25, -0.2) is 4.68 Å². The molecule has 0 saturated carbocycles. The molecule has 0 aliphatic carbocycles. The van der Waals surface area contributed by atoms with Gasteiger partial charge in [-0.15, -0.1) is 5.10 Å². The molecule has 0 unspecified atom stereocenters. The quantitative estimate of drug-likeness (QED) is 0.878. The first-order chi connectivity index (χ1) is 8.45. The van der Waals surface area contributed by atoms with Crippen LogP contribution in [0.3, 0.4) is 0 Å². The van der Waals surface area contributed by atoms with Gasteiger partial charge in [0.2, 0.25) is 5.88 Å². The zero-order valence-corrected chi connectivity index (χ0v) is 11.4. The molecule has 0 fully saturated rings. The molecule has 18 heavy (non-hydrogen) atoms. The molecular weight excluding hydrogens is 224 g/mol. The minimum absolute atomic E-state index is 0.109. The molecule has 1 heterocycles. The summed E-state index contributed by atoms with van der Waals surface area (Å²) in [5.41, 5.74) is 2.89. The first-order valence-electron chi connectivity index (χ1n) is 6.32. The van der Waals surface area contributed by atoms with Crippen molar-refractivity contribution in [1.29, 1.82) is 0 Å². The van der Waals surface area contributed by atoms with Gasteiger partial charge < -0.3 is 5.11 Å². The number of rotatable bonds is 2. The van der Waals surface area contributed by atoms with Crippen LogP contribution in [0.4, 0.5) is 0 Å². The topological polar surface area (TPSA) is 38.1 Å². The van der Waals surface area contributed by atoms with Gasteiger partial charge in [0.15, 0.2) is 0 Å². The molecule has 1 N–H and O–H groups in total. The Bertz CT molecular complexity index is 536. The summed E-state index contributed by atoms with van der Waals surface area (Å²) >= 11 is 0. The van der Waals surface area contributed by atoms with E-state index in [9.17, 15) is 5.11 Å². The van der Waals surface area contributed by atoms with Crippen LogP contribution in [0.15, 0.2) is 30.3 Å². The summed E-state index contributed by atoms with van der Waals surface area (Å²) in [6.07, 6.45) is 0.842. The molecule has 1 aromatic heterocycles. The number of hydrogen-bond acceptors (Lipinski definition) is 2. The standard InChI is InChI=1S/C15H20N2O/c1-5-12-13(15(2,3)4)14(18)16-17(12)11-9-7-6-8-10-11/h6-10H,5H2,1-4H3,(H,16,18). The SMILES string of the molecule is CCc1c(C(C)(C)C)c(O)nn1-c1ccccc1. The van der Waals surface area contributed by atoms with E-state index >= 15 is 0 Å². The van der Waals surface area contributed by atoms with Crippen molar-refractivity contribution in [3.63, 3.8) is 0 Å². The average molecular weight is 244 g/mol. The molecule has 0 amide bonds. The Morgan fingerprint density at radius 3 is 2.28 bits per heavy atom. The Hall–Kier alpha value is -1.77. The summed E-state index contributed by atoms with van der Waals surface area (Å²) in [4.78, 5) is 0. The molecule has 2 aromatic rings. The second-order valence-corrected chi connectivity index (χ2v) is 5.50. The molecule has 0 spiro atoms. The van der Waals surface area contributed by atoms with E-state index in [0.717, 1.165) is 23.4 Å². The van der Waals surface area contributed by atoms with Gasteiger partial charge in [0.25, 0.3) is 0 Å². The van der Waals surface area contributed by atoms with Crippen molar-refractivity contribution < 1.29 is 5.11 Å². The maximum atomic E-state index is 10.1. The molecule has 0 atom stereocenters. The molecule has 0 bridgehead atoms. The Morgan fingerprint density at radius 2 is 1.78 bits per heavy atom. The van der Waals surface area contributed by atoms with Crippen molar-refractivity contribution in [2.75, 3.05) is 0 Å². The summed E-state index contributed by atoms with van der Waals surface area (Å²) in [5, 5.41) is 14.4. The highest BCUT2D eigenvalue weighted by atomic mass is 16.3. The van der Waals surface area contributed by atoms with Gasteiger partial charge in [-0.2, -0.15) is 0 Å². The zero-order valence-electron chi connectivity index (χ0n) is 11.4. The van der Waals surface area contributed by atoms with Crippen molar-refractivity contribution in [2.45, 2.75) is 39.5 Å². The fourth-order valence-corrected chi connectivity index (χ4v) is 2.32. The van der Waals surface area contributed by atoms with E-state index in [1.165, 1.54) is 0 Å². The van der Waals surface area contributed by atoms with Crippen LogP contribution in [0.1, 0.15) is 39.0 Å². The first kappa shape index (κ1) is 12.7. The molecule has 3 heteroatoms. The van der Waals surface area contributed by atoms with Crippen LogP contribution >= 0.6 is 0 Å². The molecule has 0 aliphatic heterocycles. The normalized spacial score (nSPS) is 11.8. The lowest BCUT2D eigenvalue weighted by Gasteiger charge is -2.19. The van der Waals surface area contributed by atoms with E-state index in [1.54, 1.807) is 0 Å². The summed E-state index contributed by atoms with van der Waals surface area (Å²) in [7, 11) is 0. The van der Waals surface area contributed by atoms with Gasteiger partial charge in [0.05, 0.1) is 11.4 Å². The van der Waals surface area contributed by atoms with Crippen LogP contribution in [0.25, 0.3) is 5.69 Å². The summed E-state index contributed by atoms with van der Waals surface area (Å²) < 4.78 is 1.84. The Kier molecular flexibility index (Phi) is 3.16. The second kappa shape index (κ2) is 4.48. The highest BCUT2D eigenvalue weighted by Gasteiger charge is 2.27. The molecule has 0 radical (unpaired) electrons. The van der Waals surface area contributed by atoms with Crippen molar-refractivity contribution in [3.8, 4) is 11.6 Å². The number of aromatic hydroxyl groups is 1. The Morgan fingerprint density at radius 1 is 1.17 bits per heavy atom. The molecule has 0 saturated heterocycles. The van der Waals surface area contributed by atoms with Crippen LogP contribution < -0.4 is 0 Å². The van der Waals surface area contributed by atoms with Gasteiger partial charge in [0.1, 0.15) is 0 Å². The highest BCUT2D eigenvalue weighted by molar-refractivity contribution is 5.42. The fraction of sp³-hybridized carbons (Fsp3) is 0.400. The number of para-hydroxylation sites is 1. The van der Waals surface area contributed by atoms with Crippen molar-refractivity contribution in [2.24, 2.45) is 0 Å². The summed E-state index contributed by atoms with van der Waals surface area (Å²) in [5.74, 6) is 0.142. The minimum atomic E-state index is -0.109. The Balaban J connectivity index is 2.65. The van der Waals surface area contributed by atoms with E-state index in [1.807, 2.05) is 35.0 Å². The number of aromatic nitrogens is 2. The molecule has 3 nitrogen and oxygen atoms in total. The predicted molar refractivity (Wildman–Crippen MR) is 73.3 cm³/mol.